The Hall–Kier alpha value is -1.59. The second-order valence-corrected chi connectivity index (χ2v) is 6.91. The first kappa shape index (κ1) is 20.7. The van der Waals surface area contributed by atoms with Gasteiger partial charge in [-0.3, -0.25) is 4.99 Å². The minimum atomic E-state index is 0.672. The van der Waals surface area contributed by atoms with Crippen LogP contribution >= 0.6 is 0 Å². The van der Waals surface area contributed by atoms with E-state index in [1.807, 2.05) is 7.05 Å². The van der Waals surface area contributed by atoms with Gasteiger partial charge in [0.15, 0.2) is 5.96 Å². The van der Waals surface area contributed by atoms with Crippen molar-refractivity contribution in [2.75, 3.05) is 53.6 Å². The SMILES string of the molecule is CN=C(NCCCCOCCOC)N1CCC(Cc2ccccc2)CC1. The molecule has 1 aliphatic heterocycles. The number of likely N-dealkylation sites (tertiary alicyclic amines) is 1. The molecule has 146 valence electrons. The molecule has 1 aliphatic rings. The van der Waals surface area contributed by atoms with Crippen LogP contribution in [0.2, 0.25) is 0 Å². The van der Waals surface area contributed by atoms with Gasteiger partial charge in [-0.25, -0.2) is 0 Å². The van der Waals surface area contributed by atoms with Crippen LogP contribution in [0.1, 0.15) is 31.2 Å². The number of ether oxygens (including phenoxy) is 2. The molecule has 0 atom stereocenters. The van der Waals surface area contributed by atoms with Gasteiger partial charge in [-0.2, -0.15) is 0 Å². The Morgan fingerprint density at radius 1 is 1.12 bits per heavy atom. The lowest BCUT2D eigenvalue weighted by atomic mass is 9.90. The maximum absolute atomic E-state index is 5.49. The lowest BCUT2D eigenvalue weighted by molar-refractivity contribution is 0.0689. The molecule has 1 saturated heterocycles. The van der Waals surface area contributed by atoms with Gasteiger partial charge >= 0.3 is 0 Å². The van der Waals surface area contributed by atoms with Crippen molar-refractivity contribution in [2.45, 2.75) is 32.1 Å². The maximum atomic E-state index is 5.49. The Morgan fingerprint density at radius 3 is 2.58 bits per heavy atom. The van der Waals surface area contributed by atoms with Gasteiger partial charge in [0, 0.05) is 40.4 Å². The van der Waals surface area contributed by atoms with E-state index in [1.165, 1.54) is 24.8 Å². The predicted molar refractivity (Wildman–Crippen MR) is 108 cm³/mol. The van der Waals surface area contributed by atoms with Gasteiger partial charge in [0.05, 0.1) is 13.2 Å². The van der Waals surface area contributed by atoms with E-state index in [-0.39, 0.29) is 0 Å². The Labute approximate surface area is 158 Å². The van der Waals surface area contributed by atoms with Crippen molar-refractivity contribution < 1.29 is 9.47 Å². The number of hydrogen-bond acceptors (Lipinski definition) is 3. The van der Waals surface area contributed by atoms with E-state index in [0.29, 0.717) is 13.2 Å². The molecule has 0 aliphatic carbocycles. The maximum Gasteiger partial charge on any atom is 0.193 e. The van der Waals surface area contributed by atoms with Gasteiger partial charge < -0.3 is 19.7 Å². The minimum absolute atomic E-state index is 0.672. The normalized spacial score (nSPS) is 16.1. The number of hydrogen-bond donors (Lipinski definition) is 1. The summed E-state index contributed by atoms with van der Waals surface area (Å²) in [5.74, 6) is 1.83. The van der Waals surface area contributed by atoms with Gasteiger partial charge in [-0.15, -0.1) is 0 Å². The number of methoxy groups -OCH3 is 1. The average molecular weight is 362 g/mol. The van der Waals surface area contributed by atoms with E-state index in [1.54, 1.807) is 7.11 Å². The van der Waals surface area contributed by atoms with Crippen LogP contribution in [0.25, 0.3) is 0 Å². The standard InChI is InChI=1S/C21H35N3O2/c1-22-21(23-12-6-7-15-26-17-16-25-2)24-13-10-20(11-14-24)18-19-8-4-3-5-9-19/h3-5,8-9,20H,6-7,10-18H2,1-2H3,(H,22,23). The molecule has 1 aromatic carbocycles. The minimum Gasteiger partial charge on any atom is -0.382 e. The van der Waals surface area contributed by atoms with Crippen LogP contribution in [0.4, 0.5) is 0 Å². The van der Waals surface area contributed by atoms with Crippen LogP contribution in [0.5, 0.6) is 0 Å². The molecule has 0 unspecified atom stereocenters. The zero-order valence-corrected chi connectivity index (χ0v) is 16.5. The highest BCUT2D eigenvalue weighted by Gasteiger charge is 2.21. The summed E-state index contributed by atoms with van der Waals surface area (Å²) < 4.78 is 10.5. The fourth-order valence-corrected chi connectivity index (χ4v) is 3.40. The summed E-state index contributed by atoms with van der Waals surface area (Å²) in [6, 6.07) is 10.9. The lowest BCUT2D eigenvalue weighted by Gasteiger charge is -2.34. The first-order valence-electron chi connectivity index (χ1n) is 9.89. The summed E-state index contributed by atoms with van der Waals surface area (Å²) >= 11 is 0. The molecule has 0 aromatic heterocycles. The molecule has 1 N–H and O–H groups in total. The van der Waals surface area contributed by atoms with E-state index in [0.717, 1.165) is 51.0 Å². The molecule has 1 heterocycles. The lowest BCUT2D eigenvalue weighted by Crippen LogP contribution is -2.46. The van der Waals surface area contributed by atoms with Crippen molar-refractivity contribution in [1.82, 2.24) is 10.2 Å². The van der Waals surface area contributed by atoms with E-state index in [4.69, 9.17) is 9.47 Å². The number of nitrogens with one attached hydrogen (secondary N) is 1. The van der Waals surface area contributed by atoms with Gasteiger partial charge in [0.2, 0.25) is 0 Å². The predicted octanol–water partition coefficient (Wildman–Crippen LogP) is 2.96. The van der Waals surface area contributed by atoms with Crippen LogP contribution < -0.4 is 5.32 Å². The third kappa shape index (κ3) is 7.75. The zero-order chi connectivity index (χ0) is 18.5. The van der Waals surface area contributed by atoms with Crippen molar-refractivity contribution in [1.29, 1.82) is 0 Å². The number of unbranched alkanes of at least 4 members (excludes halogenated alkanes) is 1. The number of nitrogens with zero attached hydrogens (tertiary/aromatic N) is 2. The van der Waals surface area contributed by atoms with E-state index < -0.39 is 0 Å². The molecule has 0 amide bonds. The topological polar surface area (TPSA) is 46.1 Å². The summed E-state index contributed by atoms with van der Waals surface area (Å²) in [4.78, 5) is 6.86. The summed E-state index contributed by atoms with van der Waals surface area (Å²) in [6.45, 7) is 5.29. The highest BCUT2D eigenvalue weighted by molar-refractivity contribution is 5.79. The van der Waals surface area contributed by atoms with E-state index in [2.05, 4.69) is 45.5 Å². The van der Waals surface area contributed by atoms with Crippen LogP contribution in [0.15, 0.2) is 35.3 Å². The molecule has 1 fully saturated rings. The highest BCUT2D eigenvalue weighted by Crippen LogP contribution is 2.21. The molecule has 0 radical (unpaired) electrons. The average Bonchev–Trinajstić information content (AvgIpc) is 2.69. The Morgan fingerprint density at radius 2 is 1.88 bits per heavy atom. The fourth-order valence-electron chi connectivity index (χ4n) is 3.40. The third-order valence-corrected chi connectivity index (χ3v) is 4.92. The highest BCUT2D eigenvalue weighted by atomic mass is 16.5. The molecular weight excluding hydrogens is 326 g/mol. The molecule has 26 heavy (non-hydrogen) atoms. The monoisotopic (exact) mass is 361 g/mol. The summed E-state index contributed by atoms with van der Waals surface area (Å²) in [7, 11) is 3.58. The van der Waals surface area contributed by atoms with Gasteiger partial charge in [0.1, 0.15) is 0 Å². The summed E-state index contributed by atoms with van der Waals surface area (Å²) in [5, 5.41) is 3.50. The zero-order valence-electron chi connectivity index (χ0n) is 16.5. The molecule has 1 aromatic rings. The van der Waals surface area contributed by atoms with E-state index in [9.17, 15) is 0 Å². The van der Waals surface area contributed by atoms with Crippen molar-refractivity contribution in [3.8, 4) is 0 Å². The number of aliphatic imine (C=N–C) groups is 1. The largest absolute Gasteiger partial charge is 0.382 e. The van der Waals surface area contributed by atoms with Crippen molar-refractivity contribution in [2.24, 2.45) is 10.9 Å². The molecule has 0 saturated carbocycles. The number of rotatable bonds is 10. The number of benzene rings is 1. The van der Waals surface area contributed by atoms with Gasteiger partial charge in [-0.05, 0) is 43.6 Å². The van der Waals surface area contributed by atoms with Crippen LogP contribution in [-0.4, -0.2) is 64.5 Å². The molecule has 0 spiro atoms. The third-order valence-electron chi connectivity index (χ3n) is 4.92. The molecular formula is C21H35N3O2. The number of guanidine groups is 1. The molecule has 5 nitrogen and oxygen atoms in total. The Bertz CT molecular complexity index is 499. The Kier molecular flexibility index (Phi) is 10.1. The summed E-state index contributed by atoms with van der Waals surface area (Å²) in [5.41, 5.74) is 1.46. The van der Waals surface area contributed by atoms with Crippen molar-refractivity contribution >= 4 is 5.96 Å². The first-order chi connectivity index (χ1) is 12.8. The molecule has 0 bridgehead atoms. The second kappa shape index (κ2) is 12.7. The summed E-state index contributed by atoms with van der Waals surface area (Å²) in [6.07, 6.45) is 5.83. The van der Waals surface area contributed by atoms with E-state index >= 15 is 0 Å². The first-order valence-corrected chi connectivity index (χ1v) is 9.89. The molecule has 2 rings (SSSR count). The van der Waals surface area contributed by atoms with Crippen LogP contribution in [0, 0.1) is 5.92 Å². The van der Waals surface area contributed by atoms with Crippen LogP contribution in [0.3, 0.4) is 0 Å². The van der Waals surface area contributed by atoms with Gasteiger partial charge in [-0.1, -0.05) is 30.3 Å². The second-order valence-electron chi connectivity index (χ2n) is 6.91. The molecule has 5 heteroatoms. The van der Waals surface area contributed by atoms with Gasteiger partial charge in [0.25, 0.3) is 0 Å². The quantitative estimate of drug-likeness (QED) is 0.395. The fraction of sp³-hybridized carbons (Fsp3) is 0.667. The van der Waals surface area contributed by atoms with Crippen molar-refractivity contribution in [3.05, 3.63) is 35.9 Å². The van der Waals surface area contributed by atoms with Crippen molar-refractivity contribution in [3.63, 3.8) is 0 Å². The Balaban J connectivity index is 1.59. The smallest absolute Gasteiger partial charge is 0.193 e. The van der Waals surface area contributed by atoms with Crippen LogP contribution in [-0.2, 0) is 15.9 Å². The number of piperidine rings is 1.